The van der Waals surface area contributed by atoms with Gasteiger partial charge in [-0.05, 0) is 30.3 Å². The molecule has 8 heteroatoms. The van der Waals surface area contributed by atoms with Gasteiger partial charge in [-0.15, -0.1) is 0 Å². The van der Waals surface area contributed by atoms with Gasteiger partial charge in [0.25, 0.3) is 10.0 Å². The van der Waals surface area contributed by atoms with Gasteiger partial charge < -0.3 is 5.43 Å². The number of hydrogen-bond donors (Lipinski definition) is 3. The number of sulfonamides is 1. The fourth-order valence-electron chi connectivity index (χ4n) is 1.39. The molecule has 0 aliphatic rings. The van der Waals surface area contributed by atoms with E-state index in [0.29, 0.717) is 10.7 Å². The highest BCUT2D eigenvalue weighted by Crippen LogP contribution is 2.19. The zero-order valence-corrected chi connectivity index (χ0v) is 11.2. The smallest absolute Gasteiger partial charge is 0.262 e. The number of nitrogens with one attached hydrogen (secondary N) is 2. The average molecular weight is 299 g/mol. The molecule has 0 bridgehead atoms. The molecule has 2 rings (SSSR count). The summed E-state index contributed by atoms with van der Waals surface area (Å²) >= 11 is 5.73. The molecule has 1 aromatic carbocycles. The van der Waals surface area contributed by atoms with Crippen LogP contribution < -0.4 is 16.0 Å². The molecule has 0 unspecified atom stereocenters. The summed E-state index contributed by atoms with van der Waals surface area (Å²) in [5.74, 6) is 5.45. The third-order valence-electron chi connectivity index (χ3n) is 2.29. The van der Waals surface area contributed by atoms with Crippen molar-refractivity contribution in [1.82, 2.24) is 4.98 Å². The summed E-state index contributed by atoms with van der Waals surface area (Å²) in [5, 5.41) is 0.529. The third kappa shape index (κ3) is 3.34. The van der Waals surface area contributed by atoms with Gasteiger partial charge in [0.15, 0.2) is 0 Å². The maximum atomic E-state index is 12.1. The lowest BCUT2D eigenvalue weighted by atomic mass is 10.3. The first-order chi connectivity index (χ1) is 9.01. The van der Waals surface area contributed by atoms with Crippen molar-refractivity contribution in [1.29, 1.82) is 0 Å². The fourth-order valence-corrected chi connectivity index (χ4v) is 2.59. The second-order valence-corrected chi connectivity index (χ2v) is 5.75. The van der Waals surface area contributed by atoms with Crippen LogP contribution >= 0.6 is 11.6 Å². The molecule has 4 N–H and O–H groups in total. The fraction of sp³-hybridized carbons (Fsp3) is 0. The number of hydrazine groups is 1. The number of aromatic nitrogens is 1. The molecule has 2 aromatic rings. The van der Waals surface area contributed by atoms with E-state index in [4.69, 9.17) is 17.4 Å². The summed E-state index contributed by atoms with van der Waals surface area (Å²) < 4.78 is 26.7. The molecule has 19 heavy (non-hydrogen) atoms. The van der Waals surface area contributed by atoms with Gasteiger partial charge in [-0.25, -0.2) is 19.2 Å². The number of rotatable bonds is 4. The topological polar surface area (TPSA) is 97.1 Å². The molecular formula is C11H11ClN4O2S. The molecule has 0 spiro atoms. The van der Waals surface area contributed by atoms with E-state index in [1.165, 1.54) is 18.3 Å². The Hall–Kier alpha value is -1.83. The number of anilines is 2. The van der Waals surface area contributed by atoms with Gasteiger partial charge in [0.2, 0.25) is 0 Å². The van der Waals surface area contributed by atoms with Crippen molar-refractivity contribution < 1.29 is 8.42 Å². The van der Waals surface area contributed by atoms with Crippen LogP contribution in [0.3, 0.4) is 0 Å². The molecule has 0 saturated carbocycles. The van der Waals surface area contributed by atoms with Gasteiger partial charge in [0.05, 0.1) is 4.90 Å². The standard InChI is InChI=1S/C11H11ClN4O2S/c12-8-1-3-9(4-2-8)16-19(17,18)10-5-6-14-11(7-10)15-13/h1-7,16H,13H2,(H,14,15). The summed E-state index contributed by atoms with van der Waals surface area (Å²) in [6, 6.07) is 9.04. The number of halogens is 1. The summed E-state index contributed by atoms with van der Waals surface area (Å²) in [6.07, 6.45) is 1.35. The summed E-state index contributed by atoms with van der Waals surface area (Å²) in [6.45, 7) is 0. The lowest BCUT2D eigenvalue weighted by Crippen LogP contribution is -2.14. The zero-order chi connectivity index (χ0) is 13.9. The Morgan fingerprint density at radius 2 is 1.84 bits per heavy atom. The maximum Gasteiger partial charge on any atom is 0.262 e. The van der Waals surface area contributed by atoms with Crippen LogP contribution in [0.15, 0.2) is 47.5 Å². The molecule has 1 heterocycles. The molecule has 0 amide bonds. The number of nitrogen functional groups attached to an aromatic ring is 1. The Morgan fingerprint density at radius 3 is 2.47 bits per heavy atom. The normalized spacial score (nSPS) is 11.1. The van der Waals surface area contributed by atoms with Gasteiger partial charge in [-0.3, -0.25) is 4.72 Å². The Balaban J connectivity index is 2.29. The van der Waals surface area contributed by atoms with E-state index < -0.39 is 10.0 Å². The van der Waals surface area contributed by atoms with Crippen molar-refractivity contribution in [2.45, 2.75) is 4.90 Å². The van der Waals surface area contributed by atoms with Crippen LogP contribution in [-0.2, 0) is 10.0 Å². The van der Waals surface area contributed by atoms with Crippen LogP contribution in [0, 0.1) is 0 Å². The Labute approximate surface area is 115 Å². The highest BCUT2D eigenvalue weighted by atomic mass is 35.5. The molecule has 0 atom stereocenters. The molecule has 0 radical (unpaired) electrons. The van der Waals surface area contributed by atoms with Gasteiger partial charge >= 0.3 is 0 Å². The molecule has 0 aliphatic heterocycles. The van der Waals surface area contributed by atoms with Crippen molar-refractivity contribution in [2.75, 3.05) is 10.1 Å². The van der Waals surface area contributed by atoms with E-state index in [9.17, 15) is 8.42 Å². The lowest BCUT2D eigenvalue weighted by molar-refractivity contribution is 0.601. The minimum Gasteiger partial charge on any atom is -0.308 e. The second-order valence-electron chi connectivity index (χ2n) is 3.63. The number of hydrogen-bond acceptors (Lipinski definition) is 5. The summed E-state index contributed by atoms with van der Waals surface area (Å²) in [4.78, 5) is 3.90. The van der Waals surface area contributed by atoms with Crippen LogP contribution in [0.4, 0.5) is 11.5 Å². The van der Waals surface area contributed by atoms with Crippen LogP contribution in [0.2, 0.25) is 5.02 Å². The summed E-state index contributed by atoms with van der Waals surface area (Å²) in [7, 11) is -3.69. The first-order valence-electron chi connectivity index (χ1n) is 5.22. The third-order valence-corrected chi connectivity index (χ3v) is 3.92. The number of benzene rings is 1. The predicted octanol–water partition coefficient (Wildman–Crippen LogP) is 1.82. The van der Waals surface area contributed by atoms with Crippen molar-refractivity contribution in [3.8, 4) is 0 Å². The highest BCUT2D eigenvalue weighted by molar-refractivity contribution is 7.92. The average Bonchev–Trinajstić information content (AvgIpc) is 2.41. The molecular weight excluding hydrogens is 288 g/mol. The Kier molecular flexibility index (Phi) is 3.89. The van der Waals surface area contributed by atoms with E-state index in [0.717, 1.165) is 0 Å². The van der Waals surface area contributed by atoms with Crippen LogP contribution in [0.5, 0.6) is 0 Å². The molecule has 0 saturated heterocycles. The van der Waals surface area contributed by atoms with Gasteiger partial charge in [-0.1, -0.05) is 11.6 Å². The van der Waals surface area contributed by atoms with Crippen LogP contribution in [-0.4, -0.2) is 13.4 Å². The number of nitrogens with zero attached hydrogens (tertiary/aromatic N) is 1. The SMILES string of the molecule is NNc1cc(S(=O)(=O)Nc2ccc(Cl)cc2)ccn1. The molecule has 0 aliphatic carbocycles. The maximum absolute atomic E-state index is 12.1. The van der Waals surface area contributed by atoms with E-state index in [1.807, 2.05) is 0 Å². The Morgan fingerprint density at radius 1 is 1.16 bits per heavy atom. The number of pyridine rings is 1. The summed E-state index contributed by atoms with van der Waals surface area (Å²) in [5.41, 5.74) is 2.71. The van der Waals surface area contributed by atoms with E-state index >= 15 is 0 Å². The Bertz CT molecular complexity index is 673. The number of nitrogens with two attached hydrogens (primary N) is 1. The van der Waals surface area contributed by atoms with Crippen LogP contribution in [0.25, 0.3) is 0 Å². The van der Waals surface area contributed by atoms with Gasteiger partial charge in [0, 0.05) is 23.0 Å². The van der Waals surface area contributed by atoms with Crippen LogP contribution in [0.1, 0.15) is 0 Å². The minimum absolute atomic E-state index is 0.0606. The predicted molar refractivity (Wildman–Crippen MR) is 74.3 cm³/mol. The highest BCUT2D eigenvalue weighted by Gasteiger charge is 2.14. The molecule has 100 valence electrons. The van der Waals surface area contributed by atoms with Gasteiger partial charge in [-0.2, -0.15) is 0 Å². The minimum atomic E-state index is -3.69. The van der Waals surface area contributed by atoms with Crippen molar-refractivity contribution in [2.24, 2.45) is 5.84 Å². The second kappa shape index (κ2) is 5.43. The molecule has 1 aromatic heterocycles. The molecule has 6 nitrogen and oxygen atoms in total. The lowest BCUT2D eigenvalue weighted by Gasteiger charge is -2.08. The van der Waals surface area contributed by atoms with E-state index in [1.54, 1.807) is 24.3 Å². The van der Waals surface area contributed by atoms with E-state index in [2.05, 4.69) is 15.1 Å². The first-order valence-corrected chi connectivity index (χ1v) is 7.08. The van der Waals surface area contributed by atoms with Crippen molar-refractivity contribution in [3.63, 3.8) is 0 Å². The van der Waals surface area contributed by atoms with Crippen molar-refractivity contribution >= 4 is 33.1 Å². The monoisotopic (exact) mass is 298 g/mol. The molecule has 0 fully saturated rings. The zero-order valence-electron chi connectivity index (χ0n) is 9.67. The van der Waals surface area contributed by atoms with Gasteiger partial charge in [0.1, 0.15) is 5.82 Å². The van der Waals surface area contributed by atoms with E-state index in [-0.39, 0.29) is 10.7 Å². The van der Waals surface area contributed by atoms with Crippen molar-refractivity contribution in [3.05, 3.63) is 47.6 Å². The first kappa shape index (κ1) is 13.6. The largest absolute Gasteiger partial charge is 0.308 e. The quantitative estimate of drug-likeness (QED) is 0.591.